The van der Waals surface area contributed by atoms with Crippen molar-refractivity contribution in [2.45, 2.75) is 32.2 Å². The first-order valence-corrected chi connectivity index (χ1v) is 8.50. The first-order valence-electron chi connectivity index (χ1n) is 7.52. The molecule has 6 nitrogen and oxygen atoms in total. The van der Waals surface area contributed by atoms with Crippen molar-refractivity contribution in [3.63, 3.8) is 0 Å². The van der Waals surface area contributed by atoms with Gasteiger partial charge in [0.25, 0.3) is 0 Å². The average Bonchev–Trinajstić information content (AvgIpc) is 2.88. The molecule has 0 aliphatic rings. The predicted molar refractivity (Wildman–Crippen MR) is 87.9 cm³/mol. The number of rotatable bonds is 7. The summed E-state index contributed by atoms with van der Waals surface area (Å²) in [5, 5.41) is 5.06. The van der Waals surface area contributed by atoms with Crippen LogP contribution in [0, 0.1) is 6.92 Å². The van der Waals surface area contributed by atoms with Gasteiger partial charge in [-0.2, -0.15) is 5.10 Å². The highest BCUT2D eigenvalue weighted by molar-refractivity contribution is 7.99. The Labute approximate surface area is 139 Å². The summed E-state index contributed by atoms with van der Waals surface area (Å²) in [6, 6.07) is 5.63. The van der Waals surface area contributed by atoms with E-state index in [1.807, 2.05) is 25.1 Å². The van der Waals surface area contributed by atoms with E-state index in [9.17, 15) is 9.59 Å². The number of pyridine rings is 1. The molecular weight excluding hydrogens is 316 g/mol. The second kappa shape index (κ2) is 8.01. The highest BCUT2D eigenvalue weighted by Crippen LogP contribution is 2.27. The molecule has 0 saturated carbocycles. The zero-order valence-electron chi connectivity index (χ0n) is 13.5. The SMILES string of the molecule is CCOC(=O)CCSc1nn2c(C)cccc2c1C(=O)OCC. The number of hydrogen-bond donors (Lipinski definition) is 0. The van der Waals surface area contributed by atoms with Gasteiger partial charge < -0.3 is 9.47 Å². The maximum absolute atomic E-state index is 12.3. The average molecular weight is 336 g/mol. The van der Waals surface area contributed by atoms with Gasteiger partial charge in [-0.3, -0.25) is 4.79 Å². The molecule has 0 saturated heterocycles. The maximum atomic E-state index is 12.3. The third-order valence-corrected chi connectivity index (χ3v) is 4.11. The Kier molecular flexibility index (Phi) is 6.04. The molecule has 23 heavy (non-hydrogen) atoms. The molecule has 0 aliphatic heterocycles. The number of aromatic nitrogens is 2. The van der Waals surface area contributed by atoms with Crippen molar-refractivity contribution in [3.05, 3.63) is 29.5 Å². The fourth-order valence-electron chi connectivity index (χ4n) is 2.14. The highest BCUT2D eigenvalue weighted by atomic mass is 32.2. The maximum Gasteiger partial charge on any atom is 0.343 e. The highest BCUT2D eigenvalue weighted by Gasteiger charge is 2.22. The molecule has 0 aliphatic carbocycles. The number of nitrogens with zero attached hydrogens (tertiary/aromatic N) is 2. The number of hydrogen-bond acceptors (Lipinski definition) is 6. The Balaban J connectivity index is 2.27. The van der Waals surface area contributed by atoms with E-state index in [1.54, 1.807) is 18.4 Å². The van der Waals surface area contributed by atoms with Gasteiger partial charge >= 0.3 is 11.9 Å². The molecule has 2 aromatic rings. The van der Waals surface area contributed by atoms with E-state index in [4.69, 9.17) is 9.47 Å². The van der Waals surface area contributed by atoms with E-state index in [0.29, 0.717) is 35.1 Å². The van der Waals surface area contributed by atoms with Crippen molar-refractivity contribution in [2.24, 2.45) is 0 Å². The van der Waals surface area contributed by atoms with Crippen LogP contribution in [0.25, 0.3) is 5.52 Å². The van der Waals surface area contributed by atoms with Gasteiger partial charge in [0.1, 0.15) is 10.6 Å². The van der Waals surface area contributed by atoms with Crippen LogP contribution in [0.4, 0.5) is 0 Å². The Morgan fingerprint density at radius 2 is 1.96 bits per heavy atom. The molecule has 0 fully saturated rings. The molecule has 2 aromatic heterocycles. The molecular formula is C16H20N2O4S. The predicted octanol–water partition coefficient (Wildman–Crippen LogP) is 2.86. The summed E-state index contributed by atoms with van der Waals surface area (Å²) in [6.07, 6.45) is 0.271. The summed E-state index contributed by atoms with van der Waals surface area (Å²) in [4.78, 5) is 23.7. The van der Waals surface area contributed by atoms with Crippen LogP contribution in [0.3, 0.4) is 0 Å². The minimum Gasteiger partial charge on any atom is -0.466 e. The molecule has 0 radical (unpaired) electrons. The Bertz CT molecular complexity index is 711. The lowest BCUT2D eigenvalue weighted by Gasteiger charge is -2.03. The molecule has 0 spiro atoms. The van der Waals surface area contributed by atoms with E-state index in [2.05, 4.69) is 5.10 Å². The minimum atomic E-state index is -0.397. The van der Waals surface area contributed by atoms with E-state index >= 15 is 0 Å². The van der Waals surface area contributed by atoms with Gasteiger partial charge in [0.15, 0.2) is 0 Å². The summed E-state index contributed by atoms with van der Waals surface area (Å²) >= 11 is 1.36. The van der Waals surface area contributed by atoms with Crippen LogP contribution in [0.15, 0.2) is 23.2 Å². The van der Waals surface area contributed by atoms with Crippen LogP contribution in [0.2, 0.25) is 0 Å². The molecule has 0 bridgehead atoms. The van der Waals surface area contributed by atoms with Gasteiger partial charge in [0, 0.05) is 11.4 Å². The standard InChI is InChI=1S/C16H20N2O4S/c1-4-21-13(19)9-10-23-15-14(16(20)22-5-2)12-8-6-7-11(3)18(12)17-15/h6-8H,4-5,9-10H2,1-3H3. The van der Waals surface area contributed by atoms with Gasteiger partial charge in [-0.1, -0.05) is 6.07 Å². The first-order chi connectivity index (χ1) is 11.1. The van der Waals surface area contributed by atoms with Crippen LogP contribution >= 0.6 is 11.8 Å². The molecule has 2 rings (SSSR count). The molecule has 0 aromatic carbocycles. The molecule has 0 atom stereocenters. The molecule has 2 heterocycles. The quantitative estimate of drug-likeness (QED) is 0.572. The Hall–Kier alpha value is -2.02. The summed E-state index contributed by atoms with van der Waals surface area (Å²) in [6.45, 7) is 6.12. The lowest BCUT2D eigenvalue weighted by molar-refractivity contribution is -0.142. The van der Waals surface area contributed by atoms with Crippen LogP contribution in [0.1, 0.15) is 36.3 Å². The number of aryl methyl sites for hydroxylation is 1. The molecule has 0 amide bonds. The zero-order chi connectivity index (χ0) is 16.8. The van der Waals surface area contributed by atoms with E-state index in [1.165, 1.54) is 11.8 Å². The number of carbonyl (C=O) groups excluding carboxylic acids is 2. The Morgan fingerprint density at radius 3 is 2.65 bits per heavy atom. The summed E-state index contributed by atoms with van der Waals surface area (Å²) in [5.41, 5.74) is 2.08. The summed E-state index contributed by atoms with van der Waals surface area (Å²) in [5.74, 6) is -0.155. The topological polar surface area (TPSA) is 69.9 Å². The van der Waals surface area contributed by atoms with Crippen LogP contribution < -0.4 is 0 Å². The van der Waals surface area contributed by atoms with Crippen molar-refractivity contribution >= 4 is 29.2 Å². The van der Waals surface area contributed by atoms with Crippen molar-refractivity contribution in [2.75, 3.05) is 19.0 Å². The molecule has 7 heteroatoms. The van der Waals surface area contributed by atoms with Gasteiger partial charge in [-0.15, -0.1) is 11.8 Å². The van der Waals surface area contributed by atoms with Gasteiger partial charge in [-0.05, 0) is 32.9 Å². The van der Waals surface area contributed by atoms with Gasteiger partial charge in [0.2, 0.25) is 0 Å². The lowest BCUT2D eigenvalue weighted by atomic mass is 10.2. The number of thioether (sulfide) groups is 1. The minimum absolute atomic E-state index is 0.252. The van der Waals surface area contributed by atoms with E-state index < -0.39 is 5.97 Å². The number of carbonyl (C=O) groups is 2. The molecule has 0 N–H and O–H groups in total. The lowest BCUT2D eigenvalue weighted by Crippen LogP contribution is -2.07. The van der Waals surface area contributed by atoms with Crippen LogP contribution in [-0.4, -0.2) is 40.5 Å². The van der Waals surface area contributed by atoms with Gasteiger partial charge in [0.05, 0.1) is 25.2 Å². The first kappa shape index (κ1) is 17.3. The third kappa shape index (κ3) is 4.04. The Morgan fingerprint density at radius 1 is 1.22 bits per heavy atom. The second-order valence-corrected chi connectivity index (χ2v) is 5.85. The summed E-state index contributed by atoms with van der Waals surface area (Å²) < 4.78 is 11.8. The zero-order valence-corrected chi connectivity index (χ0v) is 14.3. The third-order valence-electron chi connectivity index (χ3n) is 3.14. The number of fused-ring (bicyclic) bond motifs is 1. The monoisotopic (exact) mass is 336 g/mol. The number of ether oxygens (including phenoxy) is 2. The van der Waals surface area contributed by atoms with Crippen LogP contribution in [-0.2, 0) is 14.3 Å². The second-order valence-electron chi connectivity index (χ2n) is 4.77. The summed E-state index contributed by atoms with van der Waals surface area (Å²) in [7, 11) is 0. The van der Waals surface area contributed by atoms with Crippen molar-refractivity contribution in [3.8, 4) is 0 Å². The number of esters is 2. The van der Waals surface area contributed by atoms with E-state index in [-0.39, 0.29) is 12.4 Å². The van der Waals surface area contributed by atoms with Crippen LogP contribution in [0.5, 0.6) is 0 Å². The van der Waals surface area contributed by atoms with Crippen molar-refractivity contribution < 1.29 is 19.1 Å². The fraction of sp³-hybridized carbons (Fsp3) is 0.438. The fourth-order valence-corrected chi connectivity index (χ4v) is 3.08. The molecule has 0 unspecified atom stereocenters. The van der Waals surface area contributed by atoms with Crippen molar-refractivity contribution in [1.82, 2.24) is 9.61 Å². The smallest absolute Gasteiger partial charge is 0.343 e. The molecule has 124 valence electrons. The van der Waals surface area contributed by atoms with E-state index in [0.717, 1.165) is 5.69 Å². The largest absolute Gasteiger partial charge is 0.466 e. The van der Waals surface area contributed by atoms with Crippen molar-refractivity contribution in [1.29, 1.82) is 0 Å². The van der Waals surface area contributed by atoms with Gasteiger partial charge in [-0.25, -0.2) is 9.31 Å². The normalized spacial score (nSPS) is 10.7.